The number of carbonyl (C=O) groups excluding carboxylic acids is 2. The summed E-state index contributed by atoms with van der Waals surface area (Å²) in [5.74, 6) is -1.90. The molecule has 0 unspecified atom stereocenters. The molecule has 29 heavy (non-hydrogen) atoms. The van der Waals surface area contributed by atoms with E-state index in [1.165, 1.54) is 30.6 Å². The number of fused-ring (bicyclic) bond motifs is 1. The number of hydrogen-bond donors (Lipinski definition) is 1. The summed E-state index contributed by atoms with van der Waals surface area (Å²) in [4.78, 5) is 28.2. The summed E-state index contributed by atoms with van der Waals surface area (Å²) in [5, 5.41) is 2.98. The van der Waals surface area contributed by atoms with Crippen LogP contribution in [0.2, 0.25) is 0 Å². The van der Waals surface area contributed by atoms with Crippen molar-refractivity contribution in [3.63, 3.8) is 0 Å². The maximum atomic E-state index is 12.5. The van der Waals surface area contributed by atoms with Crippen LogP contribution in [0.25, 0.3) is 0 Å². The second kappa shape index (κ2) is 8.64. The van der Waals surface area contributed by atoms with Crippen LogP contribution in [0.15, 0.2) is 29.2 Å². The molecule has 0 atom stereocenters. The Balaban J connectivity index is 1.84. The molecule has 9 heteroatoms. The molecule has 0 radical (unpaired) electrons. The Kier molecular flexibility index (Phi) is 6.40. The predicted molar refractivity (Wildman–Crippen MR) is 112 cm³/mol. The van der Waals surface area contributed by atoms with E-state index in [9.17, 15) is 18.0 Å². The largest absolute Gasteiger partial charge is 0.465 e. The number of carbonyl (C=O) groups is 2. The molecule has 1 aliphatic heterocycles. The number of ether oxygens (including phenoxy) is 1. The van der Waals surface area contributed by atoms with Crippen molar-refractivity contribution < 1.29 is 22.7 Å². The zero-order valence-electron chi connectivity index (χ0n) is 16.6. The van der Waals surface area contributed by atoms with Gasteiger partial charge in [-0.2, -0.15) is 0 Å². The lowest BCUT2D eigenvalue weighted by atomic mass is 10.0. The Morgan fingerprint density at radius 3 is 2.55 bits per heavy atom. The van der Waals surface area contributed by atoms with E-state index in [4.69, 9.17) is 4.74 Å². The van der Waals surface area contributed by atoms with Crippen molar-refractivity contribution in [3.8, 4) is 0 Å². The van der Waals surface area contributed by atoms with Crippen molar-refractivity contribution in [1.29, 1.82) is 0 Å². The predicted octanol–water partition coefficient (Wildman–Crippen LogP) is 2.63. The van der Waals surface area contributed by atoms with Crippen molar-refractivity contribution in [2.45, 2.75) is 31.7 Å². The third kappa shape index (κ3) is 4.68. The standard InChI is InChI=1S/C20H24N2O5S2/c1-4-22-10-9-15-16(11-22)28-19(18(15)20(24)27-3)21-17(23)12-29(25,26)14-7-5-13(2)6-8-14/h5-8H,4,9-12H2,1-3H3,(H,21,23). The first-order chi connectivity index (χ1) is 13.7. The molecule has 2 heterocycles. The molecule has 1 aliphatic rings. The highest BCUT2D eigenvalue weighted by atomic mass is 32.2. The third-order valence-corrected chi connectivity index (χ3v) is 7.69. The monoisotopic (exact) mass is 436 g/mol. The molecule has 0 spiro atoms. The van der Waals surface area contributed by atoms with Crippen LogP contribution in [0.4, 0.5) is 5.00 Å². The molecular weight excluding hydrogens is 412 g/mol. The van der Waals surface area contributed by atoms with E-state index in [1.54, 1.807) is 12.1 Å². The van der Waals surface area contributed by atoms with Gasteiger partial charge in [-0.25, -0.2) is 13.2 Å². The molecule has 0 saturated heterocycles. The molecule has 3 rings (SSSR count). The first-order valence-corrected chi connectivity index (χ1v) is 11.8. The highest BCUT2D eigenvalue weighted by Gasteiger charge is 2.29. The van der Waals surface area contributed by atoms with Crippen LogP contribution in [-0.2, 0) is 32.3 Å². The normalized spacial score (nSPS) is 14.3. The van der Waals surface area contributed by atoms with E-state index >= 15 is 0 Å². The summed E-state index contributed by atoms with van der Waals surface area (Å²) < 4.78 is 30.0. The number of sulfone groups is 1. The molecule has 1 amide bonds. The Morgan fingerprint density at radius 1 is 1.24 bits per heavy atom. The number of methoxy groups -OCH3 is 1. The minimum atomic E-state index is -3.78. The maximum absolute atomic E-state index is 12.5. The van der Waals surface area contributed by atoms with Gasteiger partial charge >= 0.3 is 5.97 Å². The summed E-state index contributed by atoms with van der Waals surface area (Å²) in [7, 11) is -2.49. The molecule has 0 saturated carbocycles. The second-order valence-corrected chi connectivity index (χ2v) is 10.0. The molecule has 7 nitrogen and oxygen atoms in total. The van der Waals surface area contributed by atoms with Gasteiger partial charge in [0.1, 0.15) is 10.8 Å². The molecule has 0 aliphatic carbocycles. The van der Waals surface area contributed by atoms with Crippen LogP contribution in [0.3, 0.4) is 0 Å². The number of aryl methyl sites for hydroxylation is 1. The number of nitrogens with zero attached hydrogens (tertiary/aromatic N) is 1. The smallest absolute Gasteiger partial charge is 0.341 e. The minimum absolute atomic E-state index is 0.0931. The molecule has 0 bridgehead atoms. The van der Waals surface area contributed by atoms with Crippen molar-refractivity contribution in [1.82, 2.24) is 4.90 Å². The Hall–Kier alpha value is -2.23. The van der Waals surface area contributed by atoms with E-state index in [1.807, 2.05) is 6.92 Å². The van der Waals surface area contributed by atoms with Crippen molar-refractivity contribution in [2.24, 2.45) is 0 Å². The third-order valence-electron chi connectivity index (χ3n) is 4.93. The van der Waals surface area contributed by atoms with Gasteiger partial charge in [-0.1, -0.05) is 24.6 Å². The maximum Gasteiger partial charge on any atom is 0.341 e. The number of benzene rings is 1. The van der Waals surface area contributed by atoms with Gasteiger partial charge in [-0.15, -0.1) is 11.3 Å². The van der Waals surface area contributed by atoms with E-state index < -0.39 is 27.5 Å². The first kappa shape index (κ1) is 21.5. The lowest BCUT2D eigenvalue weighted by Crippen LogP contribution is -2.30. The Bertz CT molecular complexity index is 1030. The van der Waals surface area contributed by atoms with Gasteiger partial charge in [0.05, 0.1) is 17.6 Å². The lowest BCUT2D eigenvalue weighted by Gasteiger charge is -2.25. The van der Waals surface area contributed by atoms with Crippen LogP contribution in [0.1, 0.15) is 33.3 Å². The average Bonchev–Trinajstić information content (AvgIpc) is 3.03. The highest BCUT2D eigenvalue weighted by molar-refractivity contribution is 7.92. The number of anilines is 1. The highest BCUT2D eigenvalue weighted by Crippen LogP contribution is 2.37. The van der Waals surface area contributed by atoms with Crippen LogP contribution in [0, 0.1) is 6.92 Å². The van der Waals surface area contributed by atoms with Crippen LogP contribution in [-0.4, -0.2) is 51.1 Å². The fourth-order valence-corrected chi connectivity index (χ4v) is 5.73. The summed E-state index contributed by atoms with van der Waals surface area (Å²) in [6.45, 7) is 6.33. The van der Waals surface area contributed by atoms with Gasteiger partial charge < -0.3 is 10.1 Å². The number of amides is 1. The number of hydrogen-bond acceptors (Lipinski definition) is 7. The second-order valence-electron chi connectivity index (χ2n) is 6.94. The average molecular weight is 437 g/mol. The van der Waals surface area contributed by atoms with Gasteiger partial charge in [0.15, 0.2) is 9.84 Å². The van der Waals surface area contributed by atoms with E-state index in [0.29, 0.717) is 23.5 Å². The Labute approximate surface area is 174 Å². The quantitative estimate of drug-likeness (QED) is 0.700. The number of nitrogens with one attached hydrogen (secondary N) is 1. The fourth-order valence-electron chi connectivity index (χ4n) is 3.30. The minimum Gasteiger partial charge on any atom is -0.465 e. The molecule has 1 aromatic carbocycles. The topological polar surface area (TPSA) is 92.8 Å². The summed E-state index contributed by atoms with van der Waals surface area (Å²) in [5.41, 5.74) is 2.15. The zero-order valence-corrected chi connectivity index (χ0v) is 18.3. The number of rotatable bonds is 6. The summed E-state index contributed by atoms with van der Waals surface area (Å²) in [6, 6.07) is 6.35. The van der Waals surface area contributed by atoms with Gasteiger partial charge in [0.25, 0.3) is 0 Å². The fraction of sp³-hybridized carbons (Fsp3) is 0.400. The van der Waals surface area contributed by atoms with Gasteiger partial charge in [0, 0.05) is 18.0 Å². The Morgan fingerprint density at radius 2 is 1.93 bits per heavy atom. The number of likely N-dealkylation sites (N-methyl/N-ethyl adjacent to an activating group) is 1. The molecule has 1 aromatic heterocycles. The summed E-state index contributed by atoms with van der Waals surface area (Å²) >= 11 is 1.31. The van der Waals surface area contributed by atoms with Crippen molar-refractivity contribution in [2.75, 3.05) is 31.3 Å². The number of esters is 1. The van der Waals surface area contributed by atoms with Crippen molar-refractivity contribution >= 4 is 38.1 Å². The molecule has 0 fully saturated rings. The number of thiophene rings is 1. The molecule has 2 aromatic rings. The van der Waals surface area contributed by atoms with E-state index in [-0.39, 0.29) is 4.90 Å². The van der Waals surface area contributed by atoms with Gasteiger partial charge in [-0.3, -0.25) is 9.69 Å². The zero-order chi connectivity index (χ0) is 21.2. The van der Waals surface area contributed by atoms with E-state index in [0.717, 1.165) is 29.1 Å². The van der Waals surface area contributed by atoms with Gasteiger partial charge in [0.2, 0.25) is 5.91 Å². The summed E-state index contributed by atoms with van der Waals surface area (Å²) in [6.07, 6.45) is 0.682. The van der Waals surface area contributed by atoms with Crippen molar-refractivity contribution in [3.05, 3.63) is 45.8 Å². The van der Waals surface area contributed by atoms with Crippen LogP contribution < -0.4 is 5.32 Å². The van der Waals surface area contributed by atoms with Crippen LogP contribution in [0.5, 0.6) is 0 Å². The van der Waals surface area contributed by atoms with E-state index in [2.05, 4.69) is 17.1 Å². The molecular formula is C20H24N2O5S2. The SMILES string of the molecule is CCN1CCc2c(sc(NC(=O)CS(=O)(=O)c3ccc(C)cc3)c2C(=O)OC)C1. The lowest BCUT2D eigenvalue weighted by molar-refractivity contribution is -0.113. The van der Waals surface area contributed by atoms with Gasteiger partial charge in [-0.05, 0) is 37.6 Å². The molecule has 1 N–H and O–H groups in total. The first-order valence-electron chi connectivity index (χ1n) is 9.29. The van der Waals surface area contributed by atoms with Crippen LogP contribution >= 0.6 is 11.3 Å². The molecule has 156 valence electrons.